The van der Waals surface area contributed by atoms with E-state index in [9.17, 15) is 14.4 Å². The molecular weight excluding hydrogens is 400 g/mol. The smallest absolute Gasteiger partial charge is 0.262 e. The lowest BCUT2D eigenvalue weighted by Gasteiger charge is -2.42. The zero-order valence-corrected chi connectivity index (χ0v) is 17.7. The summed E-state index contributed by atoms with van der Waals surface area (Å²) in [7, 11) is 0. The Hall–Kier alpha value is -3.00. The summed E-state index contributed by atoms with van der Waals surface area (Å²) in [6.45, 7) is 3.24. The van der Waals surface area contributed by atoms with Crippen molar-refractivity contribution < 1.29 is 9.59 Å². The van der Waals surface area contributed by atoms with Crippen LogP contribution < -0.4 is 15.8 Å². The van der Waals surface area contributed by atoms with Crippen LogP contribution in [-0.4, -0.2) is 26.9 Å². The molecule has 0 bridgehead atoms. The van der Waals surface area contributed by atoms with Gasteiger partial charge in [-0.2, -0.15) is 0 Å². The SMILES string of the molecule is CC1(C)C(=O)Nc2ccccc2N1C(=O)Cn1cnc2sc3c(c2c1=O)CCCC3. The fourth-order valence-corrected chi connectivity index (χ4v) is 5.63. The van der Waals surface area contributed by atoms with Crippen LogP contribution in [0.25, 0.3) is 10.2 Å². The number of thiophene rings is 1. The predicted octanol–water partition coefficient (Wildman–Crippen LogP) is 3.10. The quantitative estimate of drug-likeness (QED) is 0.688. The van der Waals surface area contributed by atoms with Gasteiger partial charge in [0, 0.05) is 4.88 Å². The fraction of sp³-hybridized carbons (Fsp3) is 0.364. The Morgan fingerprint density at radius 2 is 1.97 bits per heavy atom. The fourth-order valence-electron chi connectivity index (χ4n) is 4.41. The first-order valence-electron chi connectivity index (χ1n) is 10.1. The van der Waals surface area contributed by atoms with Gasteiger partial charge in [0.2, 0.25) is 11.8 Å². The van der Waals surface area contributed by atoms with Crippen LogP contribution >= 0.6 is 11.3 Å². The second-order valence-electron chi connectivity index (χ2n) is 8.33. The van der Waals surface area contributed by atoms with Crippen molar-refractivity contribution >= 4 is 44.7 Å². The van der Waals surface area contributed by atoms with E-state index in [-0.39, 0.29) is 23.9 Å². The third-order valence-corrected chi connectivity index (χ3v) is 7.20. The van der Waals surface area contributed by atoms with E-state index in [0.717, 1.165) is 36.1 Å². The maximum absolute atomic E-state index is 13.4. The number of nitrogens with zero attached hydrogens (tertiary/aromatic N) is 3. The van der Waals surface area contributed by atoms with Gasteiger partial charge >= 0.3 is 0 Å². The average molecular weight is 423 g/mol. The van der Waals surface area contributed by atoms with Gasteiger partial charge in [-0.1, -0.05) is 12.1 Å². The Morgan fingerprint density at radius 3 is 2.80 bits per heavy atom. The number of benzene rings is 1. The molecule has 2 aromatic heterocycles. The zero-order valence-electron chi connectivity index (χ0n) is 16.9. The number of hydrogen-bond acceptors (Lipinski definition) is 5. The first-order valence-corrected chi connectivity index (χ1v) is 10.9. The van der Waals surface area contributed by atoms with Gasteiger partial charge in [0.15, 0.2) is 0 Å². The van der Waals surface area contributed by atoms with Crippen LogP contribution in [0.15, 0.2) is 35.4 Å². The number of rotatable bonds is 2. The van der Waals surface area contributed by atoms with Gasteiger partial charge < -0.3 is 5.32 Å². The summed E-state index contributed by atoms with van der Waals surface area (Å²) in [4.78, 5) is 47.2. The molecule has 5 rings (SSSR count). The van der Waals surface area contributed by atoms with Crippen LogP contribution in [0.5, 0.6) is 0 Å². The second-order valence-corrected chi connectivity index (χ2v) is 9.41. The number of para-hydroxylation sites is 2. The van der Waals surface area contributed by atoms with E-state index in [2.05, 4.69) is 10.3 Å². The molecule has 1 aliphatic carbocycles. The number of carbonyl (C=O) groups excluding carboxylic acids is 2. The number of anilines is 2. The summed E-state index contributed by atoms with van der Waals surface area (Å²) in [6.07, 6.45) is 5.53. The molecule has 1 aromatic carbocycles. The lowest BCUT2D eigenvalue weighted by molar-refractivity contribution is -0.126. The molecule has 0 fully saturated rings. The molecular formula is C22H22N4O3S. The van der Waals surface area contributed by atoms with E-state index in [1.807, 2.05) is 12.1 Å². The van der Waals surface area contributed by atoms with Crippen molar-refractivity contribution in [2.24, 2.45) is 0 Å². The minimum absolute atomic E-state index is 0.169. The van der Waals surface area contributed by atoms with Crippen molar-refractivity contribution in [2.45, 2.75) is 51.6 Å². The van der Waals surface area contributed by atoms with Crippen molar-refractivity contribution in [3.8, 4) is 0 Å². The van der Waals surface area contributed by atoms with Gasteiger partial charge in [-0.25, -0.2) is 4.98 Å². The number of fused-ring (bicyclic) bond motifs is 4. The molecule has 7 nitrogen and oxygen atoms in total. The highest BCUT2D eigenvalue weighted by molar-refractivity contribution is 7.18. The van der Waals surface area contributed by atoms with Gasteiger partial charge in [-0.05, 0) is 57.2 Å². The van der Waals surface area contributed by atoms with Crippen LogP contribution in [-0.2, 0) is 29.0 Å². The van der Waals surface area contributed by atoms with Crippen molar-refractivity contribution in [1.82, 2.24) is 9.55 Å². The third kappa shape index (κ3) is 2.78. The highest BCUT2D eigenvalue weighted by atomic mass is 32.1. The van der Waals surface area contributed by atoms with E-state index < -0.39 is 5.54 Å². The Morgan fingerprint density at radius 1 is 1.20 bits per heavy atom. The standard InChI is InChI=1S/C22H22N4O3S/c1-22(2)21(29)24-14-8-4-5-9-15(14)26(22)17(27)11-25-12-23-19-18(20(25)28)13-7-3-6-10-16(13)30-19/h4-5,8-9,12H,3,6-7,10-11H2,1-2H3,(H,24,29). The topological polar surface area (TPSA) is 84.3 Å². The molecule has 2 aliphatic rings. The van der Waals surface area contributed by atoms with Crippen molar-refractivity contribution in [3.63, 3.8) is 0 Å². The van der Waals surface area contributed by atoms with Gasteiger partial charge in [0.1, 0.15) is 16.9 Å². The van der Waals surface area contributed by atoms with Crippen LogP contribution in [0.4, 0.5) is 11.4 Å². The summed E-state index contributed by atoms with van der Waals surface area (Å²) in [6, 6.07) is 7.19. The molecule has 0 radical (unpaired) electrons. The summed E-state index contributed by atoms with van der Waals surface area (Å²) >= 11 is 1.59. The molecule has 0 saturated carbocycles. The number of aromatic nitrogens is 2. The lowest BCUT2D eigenvalue weighted by atomic mass is 9.96. The molecule has 0 spiro atoms. The highest BCUT2D eigenvalue weighted by Crippen LogP contribution is 2.37. The zero-order chi connectivity index (χ0) is 21.0. The first-order chi connectivity index (χ1) is 14.4. The number of hydrogen-bond donors (Lipinski definition) is 1. The molecule has 0 saturated heterocycles. The number of carbonyl (C=O) groups is 2. The molecule has 3 aromatic rings. The van der Waals surface area contributed by atoms with Crippen molar-refractivity contribution in [2.75, 3.05) is 10.2 Å². The Bertz CT molecular complexity index is 1260. The van der Waals surface area contributed by atoms with Gasteiger partial charge in [-0.3, -0.25) is 23.9 Å². The molecule has 8 heteroatoms. The van der Waals surface area contributed by atoms with Crippen LogP contribution in [0.2, 0.25) is 0 Å². The Labute approximate surface area is 177 Å². The first kappa shape index (κ1) is 19.0. The summed E-state index contributed by atoms with van der Waals surface area (Å²) in [5.74, 6) is -0.586. The van der Waals surface area contributed by atoms with E-state index in [1.54, 1.807) is 37.3 Å². The summed E-state index contributed by atoms with van der Waals surface area (Å²) in [5.41, 5.74) is 1.06. The minimum atomic E-state index is -1.08. The normalized spacial score (nSPS) is 17.4. The molecule has 0 unspecified atom stereocenters. The van der Waals surface area contributed by atoms with Crippen molar-refractivity contribution in [3.05, 3.63) is 51.4 Å². The molecule has 154 valence electrons. The van der Waals surface area contributed by atoms with E-state index in [4.69, 9.17) is 0 Å². The summed E-state index contributed by atoms with van der Waals surface area (Å²) < 4.78 is 1.37. The van der Waals surface area contributed by atoms with Crippen LogP contribution in [0.3, 0.4) is 0 Å². The number of amides is 2. The molecule has 0 atom stereocenters. The molecule has 30 heavy (non-hydrogen) atoms. The van der Waals surface area contributed by atoms with E-state index >= 15 is 0 Å². The Balaban J connectivity index is 1.55. The van der Waals surface area contributed by atoms with Crippen LogP contribution in [0.1, 0.15) is 37.1 Å². The van der Waals surface area contributed by atoms with Gasteiger partial charge in [0.05, 0.1) is 23.1 Å². The molecule has 1 N–H and O–H groups in total. The van der Waals surface area contributed by atoms with Gasteiger partial charge in [0.25, 0.3) is 5.56 Å². The number of nitrogens with one attached hydrogen (secondary N) is 1. The molecule has 3 heterocycles. The maximum atomic E-state index is 13.4. The maximum Gasteiger partial charge on any atom is 0.262 e. The lowest BCUT2D eigenvalue weighted by Crippen LogP contribution is -2.59. The van der Waals surface area contributed by atoms with Gasteiger partial charge in [-0.15, -0.1) is 11.3 Å². The van der Waals surface area contributed by atoms with E-state index in [0.29, 0.717) is 16.8 Å². The van der Waals surface area contributed by atoms with Crippen molar-refractivity contribution in [1.29, 1.82) is 0 Å². The highest BCUT2D eigenvalue weighted by Gasteiger charge is 2.43. The molecule has 1 aliphatic heterocycles. The van der Waals surface area contributed by atoms with E-state index in [1.165, 1.54) is 20.7 Å². The third-order valence-electron chi connectivity index (χ3n) is 6.00. The molecule has 2 amide bonds. The van der Waals surface area contributed by atoms with Crippen LogP contribution in [0, 0.1) is 0 Å². The average Bonchev–Trinajstić information content (AvgIpc) is 3.10. The Kier molecular flexibility index (Phi) is 4.28. The second kappa shape index (κ2) is 6.77. The monoisotopic (exact) mass is 422 g/mol. The largest absolute Gasteiger partial charge is 0.322 e. The number of aryl methyl sites for hydroxylation is 2. The summed E-state index contributed by atoms with van der Waals surface area (Å²) in [5, 5.41) is 3.51. The predicted molar refractivity (Wildman–Crippen MR) is 117 cm³/mol. The minimum Gasteiger partial charge on any atom is -0.322 e.